The van der Waals surface area contributed by atoms with E-state index in [9.17, 15) is 9.59 Å². The number of nitrogens with one attached hydrogen (secondary N) is 1. The molecule has 4 aliphatic heterocycles. The molecule has 0 radical (unpaired) electrons. The summed E-state index contributed by atoms with van der Waals surface area (Å²) in [6.45, 7) is 0.0668. The number of para-hydroxylation sites is 2. The molecule has 0 unspecified atom stereocenters. The maximum absolute atomic E-state index is 15.0. The first-order valence-corrected chi connectivity index (χ1v) is 14.5. The van der Waals surface area contributed by atoms with Gasteiger partial charge in [-0.25, -0.2) is 0 Å². The van der Waals surface area contributed by atoms with Gasteiger partial charge in [0.25, 0.3) is 0 Å². The molecule has 1 spiro atoms. The van der Waals surface area contributed by atoms with Crippen LogP contribution < -0.4 is 14.8 Å². The number of rotatable bonds is 4. The zero-order chi connectivity index (χ0) is 29.6. The van der Waals surface area contributed by atoms with Crippen molar-refractivity contribution in [3.8, 4) is 11.5 Å². The van der Waals surface area contributed by atoms with Crippen molar-refractivity contribution in [3.63, 3.8) is 0 Å². The predicted octanol–water partition coefficient (Wildman–Crippen LogP) is 6.14. The van der Waals surface area contributed by atoms with Crippen LogP contribution in [0.25, 0.3) is 17.0 Å². The van der Waals surface area contributed by atoms with Crippen LogP contribution in [-0.4, -0.2) is 35.2 Å². The number of carbonyl (C=O) groups is 3. The van der Waals surface area contributed by atoms with Crippen molar-refractivity contribution >= 4 is 40.2 Å². The van der Waals surface area contributed by atoms with Gasteiger partial charge >= 0.3 is 0 Å². The second-order valence-electron chi connectivity index (χ2n) is 11.5. The maximum Gasteiger partial charge on any atom is 0.238 e. The molecule has 1 saturated heterocycles. The van der Waals surface area contributed by atoms with E-state index in [2.05, 4.69) is 5.32 Å². The molecular weight excluding hydrogens is 556 g/mol. The van der Waals surface area contributed by atoms with E-state index < -0.39 is 29.2 Å². The molecule has 9 rings (SSSR count). The van der Waals surface area contributed by atoms with Gasteiger partial charge in [-0.15, -0.1) is 0 Å². The lowest BCUT2D eigenvalue weighted by Crippen LogP contribution is -2.49. The lowest BCUT2D eigenvalue weighted by atomic mass is 9.63. The van der Waals surface area contributed by atoms with E-state index in [1.807, 2.05) is 83.9 Å². The van der Waals surface area contributed by atoms with Crippen molar-refractivity contribution in [2.75, 3.05) is 12.1 Å². The van der Waals surface area contributed by atoms with Gasteiger partial charge in [-0.1, -0.05) is 60.7 Å². The first kappa shape index (κ1) is 24.9. The molecule has 5 heterocycles. The summed E-state index contributed by atoms with van der Waals surface area (Å²) in [6, 6.07) is 27.7. The van der Waals surface area contributed by atoms with Crippen molar-refractivity contribution in [1.29, 1.82) is 0 Å². The SMILES string of the molecule is O=C(c1ccc2c(c1)OCO2)[C@@H]1[C@H](C(=O)c2cc3ccccc3o2)[C@]2(C(=O)Nc3ccccc32)[C@@H]2c3ccccc3C=CN12. The van der Waals surface area contributed by atoms with Crippen LogP contribution in [0.2, 0.25) is 0 Å². The molecule has 8 nitrogen and oxygen atoms in total. The second kappa shape index (κ2) is 8.94. The van der Waals surface area contributed by atoms with Crippen molar-refractivity contribution in [1.82, 2.24) is 4.90 Å². The summed E-state index contributed by atoms with van der Waals surface area (Å²) in [5, 5.41) is 3.83. The minimum Gasteiger partial charge on any atom is -0.454 e. The van der Waals surface area contributed by atoms with Crippen molar-refractivity contribution < 1.29 is 28.3 Å². The summed E-state index contributed by atoms with van der Waals surface area (Å²) in [4.78, 5) is 46.3. The molecule has 0 saturated carbocycles. The van der Waals surface area contributed by atoms with Gasteiger partial charge in [-0.2, -0.15) is 0 Å². The first-order chi connectivity index (χ1) is 21.6. The number of hydrogen-bond acceptors (Lipinski definition) is 7. The fraction of sp³-hybridized carbons (Fsp3) is 0.139. The van der Waals surface area contributed by atoms with E-state index in [4.69, 9.17) is 13.9 Å². The average Bonchev–Trinajstić information content (AvgIpc) is 3.83. The minimum atomic E-state index is -1.44. The van der Waals surface area contributed by atoms with E-state index in [0.717, 1.165) is 16.5 Å². The van der Waals surface area contributed by atoms with Gasteiger partial charge in [0.05, 0.1) is 12.0 Å². The summed E-state index contributed by atoms with van der Waals surface area (Å²) in [7, 11) is 0. The third-order valence-electron chi connectivity index (χ3n) is 9.45. The molecule has 4 aromatic carbocycles. The van der Waals surface area contributed by atoms with Crippen LogP contribution in [-0.2, 0) is 10.2 Å². The van der Waals surface area contributed by atoms with E-state index in [1.54, 1.807) is 30.3 Å². The lowest BCUT2D eigenvalue weighted by molar-refractivity contribution is -0.122. The van der Waals surface area contributed by atoms with Gasteiger partial charge in [0.2, 0.25) is 18.5 Å². The van der Waals surface area contributed by atoms with E-state index in [1.165, 1.54) is 0 Å². The third kappa shape index (κ3) is 3.19. The fourth-order valence-electron chi connectivity index (χ4n) is 7.64. The van der Waals surface area contributed by atoms with E-state index >= 15 is 4.79 Å². The molecule has 5 aromatic rings. The van der Waals surface area contributed by atoms with Gasteiger partial charge in [-0.05, 0) is 59.2 Å². The highest BCUT2D eigenvalue weighted by Gasteiger charge is 2.71. The molecule has 1 aromatic heterocycles. The number of furan rings is 1. The summed E-state index contributed by atoms with van der Waals surface area (Å²) in [6.07, 6.45) is 3.79. The number of benzene rings is 4. The normalized spacial score (nSPS) is 23.9. The Morgan fingerprint density at radius 3 is 2.55 bits per heavy atom. The number of hydrogen-bond donors (Lipinski definition) is 1. The van der Waals surface area contributed by atoms with Crippen LogP contribution >= 0.6 is 0 Å². The Morgan fingerprint density at radius 2 is 1.64 bits per heavy atom. The van der Waals surface area contributed by atoms with Crippen molar-refractivity contribution in [2.24, 2.45) is 5.92 Å². The van der Waals surface area contributed by atoms with Gasteiger partial charge in [0, 0.05) is 22.8 Å². The van der Waals surface area contributed by atoms with Crippen molar-refractivity contribution in [3.05, 3.63) is 131 Å². The molecule has 8 heteroatoms. The number of anilines is 1. The molecule has 0 aliphatic carbocycles. The first-order valence-electron chi connectivity index (χ1n) is 14.5. The smallest absolute Gasteiger partial charge is 0.238 e. The second-order valence-corrected chi connectivity index (χ2v) is 11.5. The van der Waals surface area contributed by atoms with Crippen molar-refractivity contribution in [2.45, 2.75) is 17.5 Å². The number of nitrogens with zero attached hydrogens (tertiary/aromatic N) is 1. The van der Waals surface area contributed by atoms with Gasteiger partial charge < -0.3 is 24.1 Å². The Morgan fingerprint density at radius 1 is 0.841 bits per heavy atom. The zero-order valence-electron chi connectivity index (χ0n) is 23.2. The number of ketones is 2. The minimum absolute atomic E-state index is 0.0668. The van der Waals surface area contributed by atoms with Gasteiger partial charge in [-0.3, -0.25) is 14.4 Å². The predicted molar refractivity (Wildman–Crippen MR) is 162 cm³/mol. The topological polar surface area (TPSA) is 98.1 Å². The maximum atomic E-state index is 15.0. The number of Topliss-reactive ketones (excluding diaryl/α,β-unsaturated/α-hetero) is 2. The Balaban J connectivity index is 1.32. The van der Waals surface area contributed by atoms with Crippen LogP contribution in [0.4, 0.5) is 5.69 Å². The van der Waals surface area contributed by atoms with E-state index in [0.29, 0.717) is 33.9 Å². The fourth-order valence-corrected chi connectivity index (χ4v) is 7.64. The molecule has 1 amide bonds. The standard InChI is InChI=1S/C36H24N2O6/c39-32(22-13-14-27-28(18-22)43-19-42-27)31-30(33(40)29-17-21-8-2-6-12-26(21)44-29)36(24-10-4-5-11-25(24)37-35(36)41)34-23-9-3-1-7-20(23)15-16-38(31)34/h1-18,30-31,34H,19H2,(H,37,41)/t30-,31+,34+,36+/m1/s1. The van der Waals surface area contributed by atoms with Crippen LogP contribution in [0.1, 0.15) is 43.6 Å². The molecule has 0 bridgehead atoms. The number of amides is 1. The number of fused-ring (bicyclic) bond motifs is 8. The molecule has 4 atom stereocenters. The highest BCUT2D eigenvalue weighted by atomic mass is 16.7. The van der Waals surface area contributed by atoms with Crippen LogP contribution in [0, 0.1) is 5.92 Å². The monoisotopic (exact) mass is 580 g/mol. The molecule has 4 aliphatic rings. The van der Waals surface area contributed by atoms with Crippen LogP contribution in [0.15, 0.2) is 108 Å². The average molecular weight is 581 g/mol. The largest absolute Gasteiger partial charge is 0.454 e. The van der Waals surface area contributed by atoms with Gasteiger partial charge in [0.15, 0.2) is 23.0 Å². The molecule has 214 valence electrons. The van der Waals surface area contributed by atoms with E-state index in [-0.39, 0.29) is 24.2 Å². The lowest BCUT2D eigenvalue weighted by Gasteiger charge is -2.38. The Hall–Kier alpha value is -5.63. The van der Waals surface area contributed by atoms with Crippen LogP contribution in [0.5, 0.6) is 11.5 Å². The Labute approximate surface area is 251 Å². The quantitative estimate of drug-likeness (QED) is 0.255. The number of carbonyl (C=O) groups excluding carboxylic acids is 3. The molecule has 44 heavy (non-hydrogen) atoms. The highest BCUT2D eigenvalue weighted by molar-refractivity contribution is 6.16. The summed E-state index contributed by atoms with van der Waals surface area (Å²) in [5.41, 5.74) is 2.58. The highest BCUT2D eigenvalue weighted by Crippen LogP contribution is 2.62. The Kier molecular flexibility index (Phi) is 5.06. The Bertz CT molecular complexity index is 2060. The molecular formula is C36H24N2O6. The van der Waals surface area contributed by atoms with Gasteiger partial charge in [0.1, 0.15) is 17.0 Å². The third-order valence-corrected chi connectivity index (χ3v) is 9.45. The summed E-state index contributed by atoms with van der Waals surface area (Å²) >= 11 is 0. The van der Waals surface area contributed by atoms with Crippen LogP contribution in [0.3, 0.4) is 0 Å². The summed E-state index contributed by atoms with van der Waals surface area (Å²) < 4.78 is 17.2. The zero-order valence-corrected chi connectivity index (χ0v) is 23.2. The molecule has 1 N–H and O–H groups in total. The number of ether oxygens (including phenoxy) is 2. The molecule has 1 fully saturated rings. The summed E-state index contributed by atoms with van der Waals surface area (Å²) in [5.74, 6) is -1.06.